The minimum absolute atomic E-state index is 0.833. The summed E-state index contributed by atoms with van der Waals surface area (Å²) in [6.45, 7) is 7.91. The van der Waals surface area contributed by atoms with Gasteiger partial charge in [-0.1, -0.05) is 75.6 Å². The maximum absolute atomic E-state index is 4.67. The average molecular weight is 360 g/mol. The molecule has 1 heterocycles. The van der Waals surface area contributed by atoms with E-state index < -0.39 is 0 Å². The summed E-state index contributed by atoms with van der Waals surface area (Å²) >= 11 is 0. The molecule has 2 nitrogen and oxygen atoms in total. The zero-order valence-corrected chi connectivity index (χ0v) is 16.5. The van der Waals surface area contributed by atoms with E-state index in [9.17, 15) is 0 Å². The SMILES string of the molecule is [CH2]CCNCc1ccc(-c2ccc(CCCCCC)cc2)c2cccnc12. The third-order valence-corrected chi connectivity index (χ3v) is 5.11. The van der Waals surface area contributed by atoms with Gasteiger partial charge in [-0.15, -0.1) is 0 Å². The lowest BCUT2D eigenvalue weighted by molar-refractivity contribution is 0.667. The highest BCUT2D eigenvalue weighted by molar-refractivity contribution is 5.96. The number of fused-ring (bicyclic) bond motifs is 1. The van der Waals surface area contributed by atoms with E-state index in [4.69, 9.17) is 0 Å². The number of hydrogen-bond donors (Lipinski definition) is 1. The van der Waals surface area contributed by atoms with Gasteiger partial charge in [-0.2, -0.15) is 0 Å². The molecule has 141 valence electrons. The standard InChI is InChI=1S/C25H31N2/c1-3-5-6-7-9-20-11-13-21(14-12-20)23-16-15-22(19-26-17-4-2)25-24(23)10-8-18-27-25/h8,10-16,18,26H,2-7,9,17,19H2,1H3. The fourth-order valence-electron chi connectivity index (χ4n) is 3.58. The van der Waals surface area contributed by atoms with Gasteiger partial charge in [0.2, 0.25) is 0 Å². The van der Waals surface area contributed by atoms with E-state index in [1.54, 1.807) is 0 Å². The van der Waals surface area contributed by atoms with Crippen LogP contribution in [0.1, 0.15) is 50.2 Å². The minimum atomic E-state index is 0.833. The van der Waals surface area contributed by atoms with Crippen LogP contribution < -0.4 is 5.32 Å². The summed E-state index contributed by atoms with van der Waals surface area (Å²) in [6, 6.07) is 17.7. The van der Waals surface area contributed by atoms with Crippen LogP contribution in [0.4, 0.5) is 0 Å². The Morgan fingerprint density at radius 3 is 2.59 bits per heavy atom. The third kappa shape index (κ3) is 5.17. The zero-order chi connectivity index (χ0) is 18.9. The second kappa shape index (κ2) is 10.2. The van der Waals surface area contributed by atoms with Crippen molar-refractivity contribution in [1.29, 1.82) is 0 Å². The number of aryl methyl sites for hydroxylation is 1. The molecule has 0 atom stereocenters. The van der Waals surface area contributed by atoms with Gasteiger partial charge in [0.05, 0.1) is 5.52 Å². The Kier molecular flexibility index (Phi) is 7.41. The molecule has 0 saturated heterocycles. The van der Waals surface area contributed by atoms with E-state index in [-0.39, 0.29) is 0 Å². The van der Waals surface area contributed by atoms with E-state index in [0.717, 1.165) is 25.0 Å². The quantitative estimate of drug-likeness (QED) is 0.427. The van der Waals surface area contributed by atoms with E-state index in [0.29, 0.717) is 0 Å². The van der Waals surface area contributed by atoms with Gasteiger partial charge < -0.3 is 5.32 Å². The highest BCUT2D eigenvalue weighted by Gasteiger charge is 2.09. The first kappa shape index (κ1) is 19.6. The monoisotopic (exact) mass is 359 g/mol. The van der Waals surface area contributed by atoms with Crippen molar-refractivity contribution in [3.63, 3.8) is 0 Å². The molecule has 0 fully saturated rings. The number of unbranched alkanes of at least 4 members (excludes halogenated alkanes) is 3. The molecule has 0 spiro atoms. The Bertz CT molecular complexity index is 837. The van der Waals surface area contributed by atoms with Gasteiger partial charge in [0, 0.05) is 18.1 Å². The van der Waals surface area contributed by atoms with Gasteiger partial charge >= 0.3 is 0 Å². The van der Waals surface area contributed by atoms with Crippen molar-refractivity contribution < 1.29 is 0 Å². The first-order chi connectivity index (χ1) is 13.3. The van der Waals surface area contributed by atoms with Crippen LogP contribution in [-0.4, -0.2) is 11.5 Å². The lowest BCUT2D eigenvalue weighted by atomic mass is 9.96. The summed E-state index contributed by atoms with van der Waals surface area (Å²) in [5.41, 5.74) is 6.30. The maximum Gasteiger partial charge on any atom is 0.0753 e. The highest BCUT2D eigenvalue weighted by Crippen LogP contribution is 2.30. The molecule has 2 heteroatoms. The lowest BCUT2D eigenvalue weighted by Gasteiger charge is -2.12. The van der Waals surface area contributed by atoms with Gasteiger partial charge in [0.1, 0.15) is 0 Å². The van der Waals surface area contributed by atoms with Crippen LogP contribution in [-0.2, 0) is 13.0 Å². The molecular weight excluding hydrogens is 328 g/mol. The second-order valence-electron chi connectivity index (χ2n) is 7.21. The number of pyridine rings is 1. The van der Waals surface area contributed by atoms with Gasteiger partial charge in [-0.05, 0) is 54.1 Å². The first-order valence-corrected chi connectivity index (χ1v) is 10.3. The van der Waals surface area contributed by atoms with Gasteiger partial charge in [-0.3, -0.25) is 4.98 Å². The van der Waals surface area contributed by atoms with E-state index in [1.807, 2.05) is 12.3 Å². The molecule has 1 aromatic heterocycles. The Hall–Kier alpha value is -2.19. The first-order valence-electron chi connectivity index (χ1n) is 10.3. The molecule has 0 unspecified atom stereocenters. The van der Waals surface area contributed by atoms with Crippen LogP contribution in [0.2, 0.25) is 0 Å². The Morgan fingerprint density at radius 2 is 1.81 bits per heavy atom. The van der Waals surface area contributed by atoms with Crippen molar-refractivity contribution in [1.82, 2.24) is 10.3 Å². The van der Waals surface area contributed by atoms with Crippen LogP contribution in [0.3, 0.4) is 0 Å². The van der Waals surface area contributed by atoms with Crippen LogP contribution in [0.25, 0.3) is 22.0 Å². The summed E-state index contributed by atoms with van der Waals surface area (Å²) in [4.78, 5) is 4.67. The fourth-order valence-corrected chi connectivity index (χ4v) is 3.58. The van der Waals surface area contributed by atoms with Crippen molar-refractivity contribution in [2.24, 2.45) is 0 Å². The van der Waals surface area contributed by atoms with Crippen LogP contribution >= 0.6 is 0 Å². The maximum atomic E-state index is 4.67. The predicted molar refractivity (Wildman–Crippen MR) is 117 cm³/mol. The fraction of sp³-hybridized carbons (Fsp3) is 0.360. The highest BCUT2D eigenvalue weighted by atomic mass is 14.8. The van der Waals surface area contributed by atoms with Crippen molar-refractivity contribution in [2.75, 3.05) is 6.54 Å². The van der Waals surface area contributed by atoms with Gasteiger partial charge in [0.25, 0.3) is 0 Å². The molecular formula is C25H31N2. The van der Waals surface area contributed by atoms with E-state index >= 15 is 0 Å². The summed E-state index contributed by atoms with van der Waals surface area (Å²) in [6.07, 6.45) is 9.21. The topological polar surface area (TPSA) is 24.9 Å². The summed E-state index contributed by atoms with van der Waals surface area (Å²) in [7, 11) is 0. The van der Waals surface area contributed by atoms with Gasteiger partial charge in [-0.25, -0.2) is 0 Å². The second-order valence-corrected chi connectivity index (χ2v) is 7.21. The Morgan fingerprint density at radius 1 is 0.963 bits per heavy atom. The normalized spacial score (nSPS) is 11.2. The molecule has 0 aliphatic rings. The number of rotatable bonds is 10. The van der Waals surface area contributed by atoms with Crippen LogP contribution in [0.15, 0.2) is 54.7 Å². The number of aromatic nitrogens is 1. The molecule has 0 bridgehead atoms. The smallest absolute Gasteiger partial charge is 0.0753 e. The van der Waals surface area contributed by atoms with Crippen molar-refractivity contribution in [3.05, 3.63) is 72.8 Å². The zero-order valence-electron chi connectivity index (χ0n) is 16.5. The molecule has 1 radical (unpaired) electrons. The van der Waals surface area contributed by atoms with Crippen molar-refractivity contribution >= 4 is 10.9 Å². The number of nitrogens with one attached hydrogen (secondary N) is 1. The average Bonchev–Trinajstić information content (AvgIpc) is 2.72. The lowest BCUT2D eigenvalue weighted by Crippen LogP contribution is -2.14. The van der Waals surface area contributed by atoms with Crippen LogP contribution in [0.5, 0.6) is 0 Å². The molecule has 3 aromatic rings. The largest absolute Gasteiger partial charge is 0.313 e. The molecule has 0 amide bonds. The molecule has 0 aliphatic heterocycles. The Labute approximate surface area is 164 Å². The predicted octanol–water partition coefficient (Wildman–Crippen LogP) is 6.34. The van der Waals surface area contributed by atoms with Crippen molar-refractivity contribution in [3.8, 4) is 11.1 Å². The van der Waals surface area contributed by atoms with E-state index in [2.05, 4.69) is 66.6 Å². The molecule has 0 saturated carbocycles. The number of nitrogens with zero attached hydrogens (tertiary/aromatic N) is 1. The van der Waals surface area contributed by atoms with Gasteiger partial charge in [0.15, 0.2) is 0 Å². The molecule has 3 rings (SSSR count). The van der Waals surface area contributed by atoms with Crippen molar-refractivity contribution in [2.45, 2.75) is 52.0 Å². The minimum Gasteiger partial charge on any atom is -0.313 e. The number of benzene rings is 2. The van der Waals surface area contributed by atoms with Crippen LogP contribution in [0, 0.1) is 6.92 Å². The summed E-state index contributed by atoms with van der Waals surface area (Å²) < 4.78 is 0. The Balaban J connectivity index is 1.81. The summed E-state index contributed by atoms with van der Waals surface area (Å²) in [5, 5.41) is 4.66. The number of hydrogen-bond acceptors (Lipinski definition) is 2. The summed E-state index contributed by atoms with van der Waals surface area (Å²) in [5.74, 6) is 0. The molecule has 2 aromatic carbocycles. The van der Waals surface area contributed by atoms with E-state index in [1.165, 1.54) is 59.7 Å². The molecule has 0 aliphatic carbocycles. The third-order valence-electron chi connectivity index (χ3n) is 5.11. The molecule has 27 heavy (non-hydrogen) atoms. The molecule has 1 N–H and O–H groups in total.